The van der Waals surface area contributed by atoms with Crippen LogP contribution in [0.1, 0.15) is 35.5 Å². The number of carbonyl (C=O) groups excluding carboxylic acids is 1. The largest absolute Gasteiger partial charge is 0.323 e. The molecule has 0 aliphatic carbocycles. The van der Waals surface area contributed by atoms with Crippen molar-refractivity contribution in [2.75, 3.05) is 5.32 Å². The molecule has 184 valence electrons. The molecule has 1 aliphatic rings. The summed E-state index contributed by atoms with van der Waals surface area (Å²) in [5.41, 5.74) is 4.86. The van der Waals surface area contributed by atoms with Crippen LogP contribution in [0.5, 0.6) is 0 Å². The molecule has 1 aliphatic heterocycles. The predicted octanol–water partition coefficient (Wildman–Crippen LogP) is 6.50. The van der Waals surface area contributed by atoms with Crippen molar-refractivity contribution in [1.82, 2.24) is 19.2 Å². The Kier molecular flexibility index (Phi) is 5.81. The third-order valence-corrected chi connectivity index (χ3v) is 6.80. The molecule has 6 nitrogen and oxygen atoms in total. The van der Waals surface area contributed by atoms with Crippen LogP contribution in [-0.4, -0.2) is 25.3 Å². The molecule has 2 aromatic heterocycles. The quantitative estimate of drug-likeness (QED) is 0.312. The Morgan fingerprint density at radius 2 is 1.65 bits per heavy atom. The van der Waals surface area contributed by atoms with Gasteiger partial charge in [-0.15, -0.1) is 0 Å². The van der Waals surface area contributed by atoms with E-state index < -0.39 is 11.9 Å². The van der Waals surface area contributed by atoms with E-state index >= 15 is 0 Å². The first-order valence-electron chi connectivity index (χ1n) is 12.4. The number of nitrogens with one attached hydrogen (secondary N) is 1. The average molecular weight is 492 g/mol. The number of para-hydroxylation sites is 2. The van der Waals surface area contributed by atoms with Gasteiger partial charge in [-0.25, -0.2) is 13.9 Å². The molecule has 0 saturated carbocycles. The number of carbonyl (C=O) groups is 1. The molecule has 0 spiro atoms. The number of benzene rings is 3. The molecule has 0 saturated heterocycles. The minimum Gasteiger partial charge on any atom is -0.307 e. The second kappa shape index (κ2) is 9.43. The smallest absolute Gasteiger partial charge is 0.307 e. The van der Waals surface area contributed by atoms with Gasteiger partial charge in [-0.05, 0) is 48.4 Å². The number of hydrogen-bond donors (Lipinski definition) is 1. The molecule has 0 bridgehead atoms. The summed E-state index contributed by atoms with van der Waals surface area (Å²) in [6.07, 6.45) is 2.72. The predicted molar refractivity (Wildman–Crippen MR) is 142 cm³/mol. The van der Waals surface area contributed by atoms with Gasteiger partial charge in [0.15, 0.2) is 0 Å². The minimum atomic E-state index is -0.475. The standard InChI is InChI=1S/C30H26FN5O/c1-2-25-23-20-35(30(37)32-26-17-10-9-16-24(26)31)28(21-12-5-3-6-13-21)27-18-11-19-34(27)29(23)36(33-25)22-14-7-4-8-15-22/h3-19,28H,2,20H2,1H3,(H,32,37). The highest BCUT2D eigenvalue weighted by Gasteiger charge is 2.36. The second-order valence-corrected chi connectivity index (χ2v) is 9.00. The summed E-state index contributed by atoms with van der Waals surface area (Å²) < 4.78 is 18.6. The highest BCUT2D eigenvalue weighted by Crippen LogP contribution is 2.39. The minimum absolute atomic E-state index is 0.148. The van der Waals surface area contributed by atoms with Crippen molar-refractivity contribution in [3.63, 3.8) is 0 Å². The zero-order chi connectivity index (χ0) is 25.4. The summed E-state index contributed by atoms with van der Waals surface area (Å²) in [4.78, 5) is 15.7. The van der Waals surface area contributed by atoms with E-state index in [1.54, 1.807) is 23.1 Å². The van der Waals surface area contributed by atoms with Gasteiger partial charge in [0.2, 0.25) is 0 Å². The van der Waals surface area contributed by atoms with E-state index in [2.05, 4.69) is 16.8 Å². The zero-order valence-electron chi connectivity index (χ0n) is 20.4. The van der Waals surface area contributed by atoms with Crippen molar-refractivity contribution < 1.29 is 9.18 Å². The summed E-state index contributed by atoms with van der Waals surface area (Å²) in [6.45, 7) is 2.38. The molecular formula is C30H26FN5O. The van der Waals surface area contributed by atoms with Gasteiger partial charge in [-0.3, -0.25) is 0 Å². The van der Waals surface area contributed by atoms with E-state index in [0.717, 1.165) is 34.0 Å². The Morgan fingerprint density at radius 3 is 2.38 bits per heavy atom. The number of halogens is 1. The third-order valence-electron chi connectivity index (χ3n) is 6.80. The van der Waals surface area contributed by atoms with Crippen molar-refractivity contribution in [3.05, 3.63) is 132 Å². The van der Waals surface area contributed by atoms with E-state index in [0.29, 0.717) is 13.0 Å². The van der Waals surface area contributed by atoms with Crippen molar-refractivity contribution >= 4 is 11.7 Å². The fraction of sp³-hybridized carbons (Fsp3) is 0.133. The Morgan fingerprint density at radius 1 is 0.946 bits per heavy atom. The third kappa shape index (κ3) is 3.98. The van der Waals surface area contributed by atoms with Crippen LogP contribution in [0.2, 0.25) is 0 Å². The van der Waals surface area contributed by atoms with Crippen molar-refractivity contribution in [2.45, 2.75) is 25.9 Å². The molecule has 7 heteroatoms. The number of nitrogens with zero attached hydrogens (tertiary/aromatic N) is 4. The van der Waals surface area contributed by atoms with E-state index in [1.165, 1.54) is 6.07 Å². The first-order valence-corrected chi connectivity index (χ1v) is 12.4. The number of fused-ring (bicyclic) bond motifs is 3. The number of hydrogen-bond acceptors (Lipinski definition) is 2. The fourth-order valence-electron chi connectivity index (χ4n) is 5.08. The number of amides is 2. The van der Waals surface area contributed by atoms with Crippen LogP contribution in [0.15, 0.2) is 103 Å². The molecule has 0 radical (unpaired) electrons. The maximum atomic E-state index is 14.5. The highest BCUT2D eigenvalue weighted by atomic mass is 19.1. The lowest BCUT2D eigenvalue weighted by Gasteiger charge is -2.31. The Balaban J connectivity index is 1.56. The van der Waals surface area contributed by atoms with Gasteiger partial charge in [0, 0.05) is 11.8 Å². The molecule has 1 unspecified atom stereocenters. The molecule has 3 heterocycles. The van der Waals surface area contributed by atoms with Gasteiger partial charge < -0.3 is 14.8 Å². The highest BCUT2D eigenvalue weighted by molar-refractivity contribution is 5.90. The topological polar surface area (TPSA) is 55.1 Å². The van der Waals surface area contributed by atoms with E-state index in [4.69, 9.17) is 5.10 Å². The zero-order valence-corrected chi connectivity index (χ0v) is 20.4. The summed E-state index contributed by atoms with van der Waals surface area (Å²) in [7, 11) is 0. The van der Waals surface area contributed by atoms with Gasteiger partial charge in [0.1, 0.15) is 11.6 Å². The van der Waals surface area contributed by atoms with Crippen molar-refractivity contribution in [1.29, 1.82) is 0 Å². The molecule has 2 amide bonds. The molecule has 3 aromatic carbocycles. The lowest BCUT2D eigenvalue weighted by molar-refractivity contribution is 0.194. The fourth-order valence-corrected chi connectivity index (χ4v) is 5.08. The summed E-state index contributed by atoms with van der Waals surface area (Å²) in [5.74, 6) is 0.433. The monoisotopic (exact) mass is 491 g/mol. The second-order valence-electron chi connectivity index (χ2n) is 9.00. The normalized spacial score (nSPS) is 14.5. The molecular weight excluding hydrogens is 465 g/mol. The van der Waals surface area contributed by atoms with Crippen LogP contribution < -0.4 is 5.32 Å². The van der Waals surface area contributed by atoms with Crippen LogP contribution in [0.3, 0.4) is 0 Å². The number of anilines is 1. The van der Waals surface area contributed by atoms with Gasteiger partial charge in [-0.2, -0.15) is 5.10 Å². The molecule has 1 atom stereocenters. The number of aryl methyl sites for hydroxylation is 1. The van der Waals surface area contributed by atoms with Crippen LogP contribution in [-0.2, 0) is 13.0 Å². The molecule has 5 aromatic rings. The number of rotatable bonds is 4. The van der Waals surface area contributed by atoms with E-state index in [1.807, 2.05) is 83.7 Å². The maximum Gasteiger partial charge on any atom is 0.323 e. The summed E-state index contributed by atoms with van der Waals surface area (Å²) in [5, 5.41) is 7.78. The Labute approximate surface area is 214 Å². The number of aromatic nitrogens is 3. The molecule has 37 heavy (non-hydrogen) atoms. The number of urea groups is 1. The van der Waals surface area contributed by atoms with Crippen LogP contribution in [0.25, 0.3) is 11.5 Å². The lowest BCUT2D eigenvalue weighted by Crippen LogP contribution is -2.38. The SMILES string of the molecule is CCc1nn(-c2ccccc2)c2c1CN(C(=O)Nc1ccccc1F)C(c1ccccc1)c1cccn1-2. The Hall–Kier alpha value is -4.65. The van der Waals surface area contributed by atoms with E-state index in [9.17, 15) is 9.18 Å². The summed E-state index contributed by atoms with van der Waals surface area (Å²) >= 11 is 0. The molecule has 6 rings (SSSR count). The molecule has 1 N–H and O–H groups in total. The van der Waals surface area contributed by atoms with Crippen LogP contribution >= 0.6 is 0 Å². The van der Waals surface area contributed by atoms with Crippen LogP contribution in [0, 0.1) is 5.82 Å². The van der Waals surface area contributed by atoms with Gasteiger partial charge >= 0.3 is 6.03 Å². The first-order chi connectivity index (χ1) is 18.2. The lowest BCUT2D eigenvalue weighted by atomic mass is 10.0. The van der Waals surface area contributed by atoms with Crippen molar-refractivity contribution in [2.24, 2.45) is 0 Å². The van der Waals surface area contributed by atoms with Crippen molar-refractivity contribution in [3.8, 4) is 11.5 Å². The summed E-state index contributed by atoms with van der Waals surface area (Å²) in [6, 6.07) is 29.4. The van der Waals surface area contributed by atoms with Gasteiger partial charge in [-0.1, -0.05) is 67.6 Å². The Bertz CT molecular complexity index is 1560. The van der Waals surface area contributed by atoms with Gasteiger partial charge in [0.25, 0.3) is 0 Å². The van der Waals surface area contributed by atoms with Gasteiger partial charge in [0.05, 0.1) is 35.3 Å². The van der Waals surface area contributed by atoms with Crippen LogP contribution in [0.4, 0.5) is 14.9 Å². The molecule has 0 fully saturated rings. The average Bonchev–Trinajstić information content (AvgIpc) is 3.52. The maximum absolute atomic E-state index is 14.5. The first kappa shape index (κ1) is 22.8. The van der Waals surface area contributed by atoms with E-state index in [-0.39, 0.29) is 11.7 Å².